The van der Waals surface area contributed by atoms with E-state index in [4.69, 9.17) is 46.7 Å². The third-order valence-electron chi connectivity index (χ3n) is 13.7. The van der Waals surface area contributed by atoms with Gasteiger partial charge in [0.15, 0.2) is 6.10 Å². The lowest BCUT2D eigenvalue weighted by Gasteiger charge is -2.32. The van der Waals surface area contributed by atoms with E-state index in [1.165, 1.54) is 0 Å². The van der Waals surface area contributed by atoms with Crippen molar-refractivity contribution in [3.8, 4) is 23.0 Å². The van der Waals surface area contributed by atoms with Gasteiger partial charge in [0.2, 0.25) is 16.6 Å². The second kappa shape index (κ2) is 26.7. The summed E-state index contributed by atoms with van der Waals surface area (Å²) in [6, 6.07) is 48.7. The number of epoxide rings is 2. The van der Waals surface area contributed by atoms with Gasteiger partial charge in [0, 0.05) is 29.6 Å². The molecule has 2 saturated heterocycles. The molecular formula is C62H75N3O13Si2. The average Bonchev–Trinajstić information content (AvgIpc) is 4.43. The summed E-state index contributed by atoms with van der Waals surface area (Å²) >= 11 is 0. The van der Waals surface area contributed by atoms with E-state index in [1.54, 1.807) is 12.1 Å². The van der Waals surface area contributed by atoms with Crippen molar-refractivity contribution in [2.75, 3.05) is 57.4 Å². The van der Waals surface area contributed by atoms with E-state index in [9.17, 15) is 14.4 Å². The number of hydrogen-bond donors (Lipinski definition) is 3. The Labute approximate surface area is 471 Å². The number of carbonyl (C=O) groups excluding carboxylic acids is 3. The summed E-state index contributed by atoms with van der Waals surface area (Å²) in [5, 5.41) is 8.39. The lowest BCUT2D eigenvalue weighted by Crippen LogP contribution is -2.51. The zero-order chi connectivity index (χ0) is 56.8. The summed E-state index contributed by atoms with van der Waals surface area (Å²) in [6.07, 6.45) is -1.96. The summed E-state index contributed by atoms with van der Waals surface area (Å²) < 4.78 is 58.3. The number of ether oxygens (including phenoxy) is 9. The second-order valence-corrected chi connectivity index (χ2v) is 30.8. The Hall–Kier alpha value is -7.36. The molecule has 3 N–H and O–H groups in total. The van der Waals surface area contributed by atoms with Crippen molar-refractivity contribution in [3.05, 3.63) is 185 Å². The van der Waals surface area contributed by atoms with Crippen molar-refractivity contribution >= 4 is 40.6 Å². The number of benzene rings is 6. The van der Waals surface area contributed by atoms with Crippen LogP contribution in [-0.2, 0) is 51.7 Å². The van der Waals surface area contributed by atoms with Gasteiger partial charge in [0.1, 0.15) is 74.1 Å². The average molecular weight is 1130 g/mol. The van der Waals surface area contributed by atoms with Gasteiger partial charge in [-0.15, -0.1) is 0 Å². The number of hydrogen-bond acceptors (Lipinski definition) is 13. The van der Waals surface area contributed by atoms with E-state index >= 15 is 0 Å². The fourth-order valence-corrected chi connectivity index (χ4v) is 16.2. The van der Waals surface area contributed by atoms with Crippen molar-refractivity contribution in [1.82, 2.24) is 10.6 Å². The molecule has 2 atom stereocenters. The Morgan fingerprint density at radius 2 is 0.900 bits per heavy atom. The van der Waals surface area contributed by atoms with Crippen LogP contribution < -0.4 is 34.9 Å². The van der Waals surface area contributed by atoms with Crippen LogP contribution in [0.5, 0.6) is 23.0 Å². The fraction of sp³-hybridized carbons (Fsp3) is 0.371. The van der Waals surface area contributed by atoms with E-state index in [2.05, 4.69) is 67.9 Å². The molecule has 2 aliphatic rings. The van der Waals surface area contributed by atoms with Gasteiger partial charge < -0.3 is 57.4 Å². The molecule has 0 aliphatic carbocycles. The first kappa shape index (κ1) is 58.8. The van der Waals surface area contributed by atoms with E-state index < -0.39 is 41.0 Å². The van der Waals surface area contributed by atoms with E-state index in [-0.39, 0.29) is 61.8 Å². The van der Waals surface area contributed by atoms with Crippen molar-refractivity contribution < 1.29 is 61.1 Å². The van der Waals surface area contributed by atoms with Crippen LogP contribution in [0.3, 0.4) is 0 Å². The molecule has 6 aromatic carbocycles. The molecular weight excluding hydrogens is 1050 g/mol. The van der Waals surface area contributed by atoms with Crippen LogP contribution in [0, 0.1) is 0 Å². The lowest BCUT2D eigenvalue weighted by molar-refractivity contribution is 0.0353. The summed E-state index contributed by atoms with van der Waals surface area (Å²) in [6.45, 7) is 19.5. The van der Waals surface area contributed by atoms with Crippen LogP contribution in [0.1, 0.15) is 61.1 Å². The van der Waals surface area contributed by atoms with E-state index in [0.29, 0.717) is 30.4 Å². The van der Waals surface area contributed by atoms with Gasteiger partial charge in [-0.1, -0.05) is 119 Å². The number of carbonyl (C=O) groups is 3. The standard InChI is InChI=1S/C62H75N3O13Si2/c1-61(2,46-17-25-51(26-18-46)69-36-55-38-73-55)48-21-29-53(30-22-48)71-40-57(41-72-54-31-23-49(24-32-54)62(3,4)47-19-27-52(28-20-47)70-37-56-39-74-56)77-59(67)64-35-45-14-12-13-44(33-45)34-63-58(66)75-42-79(5,6)78-80(7,8)43-76-60(68)65-50-15-10-9-11-16-50/h9-33,55-57H,34-43H2,1-8H3,(H,63,66)(H,64,67)(H,65,68). The van der Waals surface area contributed by atoms with Gasteiger partial charge >= 0.3 is 18.3 Å². The van der Waals surface area contributed by atoms with Crippen molar-refractivity contribution in [2.24, 2.45) is 0 Å². The first-order valence-corrected chi connectivity index (χ1v) is 33.3. The molecule has 0 saturated carbocycles. The van der Waals surface area contributed by atoms with Crippen LogP contribution >= 0.6 is 0 Å². The molecule has 16 nitrogen and oxygen atoms in total. The summed E-state index contributed by atoms with van der Waals surface area (Å²) in [7, 11) is -4.97. The Morgan fingerprint density at radius 3 is 1.31 bits per heavy atom. The maximum atomic E-state index is 13.5. The van der Waals surface area contributed by atoms with Crippen LogP contribution in [0.15, 0.2) is 152 Å². The van der Waals surface area contributed by atoms with Crippen molar-refractivity contribution in [3.63, 3.8) is 0 Å². The maximum absolute atomic E-state index is 13.5. The summed E-state index contributed by atoms with van der Waals surface area (Å²) in [5.74, 6) is 2.84. The minimum absolute atomic E-state index is 0.0209. The Balaban J connectivity index is 0.830. The lowest BCUT2D eigenvalue weighted by atomic mass is 9.78. The quantitative estimate of drug-likeness (QED) is 0.0240. The number of nitrogens with one attached hydrogen (secondary N) is 3. The van der Waals surface area contributed by atoms with Gasteiger partial charge in [0.25, 0.3) is 0 Å². The van der Waals surface area contributed by atoms with Gasteiger partial charge in [-0.3, -0.25) is 5.32 Å². The maximum Gasteiger partial charge on any atom is 0.411 e. The first-order chi connectivity index (χ1) is 38.3. The third kappa shape index (κ3) is 18.4. The van der Waals surface area contributed by atoms with E-state index in [1.807, 2.05) is 141 Å². The zero-order valence-electron chi connectivity index (χ0n) is 47.0. The highest BCUT2D eigenvalue weighted by Gasteiger charge is 2.36. The molecule has 424 valence electrons. The third-order valence-corrected chi connectivity index (χ3v) is 19.8. The van der Waals surface area contributed by atoms with Gasteiger partial charge in [-0.25, -0.2) is 14.4 Å². The van der Waals surface area contributed by atoms with Crippen LogP contribution in [-0.4, -0.2) is 105 Å². The van der Waals surface area contributed by atoms with Crippen molar-refractivity contribution in [1.29, 1.82) is 0 Å². The predicted molar refractivity (Wildman–Crippen MR) is 311 cm³/mol. The van der Waals surface area contributed by atoms with Gasteiger partial charge in [-0.2, -0.15) is 0 Å². The molecule has 2 heterocycles. The molecule has 0 aromatic heterocycles. The molecule has 2 aliphatic heterocycles. The van der Waals surface area contributed by atoms with Gasteiger partial charge in [0.05, 0.1) is 13.2 Å². The number of alkyl carbamates (subject to hydrolysis) is 2. The first-order valence-electron chi connectivity index (χ1n) is 27.1. The SMILES string of the molecule is CC(C)(c1ccc(OCC2CO2)cc1)c1ccc(OCC(COc2ccc(C(C)(C)c3ccc(OCC4CO4)cc3)cc2)OC(=O)NCc2cccc(CNC(=O)OC[Si](C)(C)O[Si](C)(C)COC(=O)Nc3ccccc3)c2)cc1. The largest absolute Gasteiger partial charge is 0.491 e. The minimum atomic E-state index is -2.50. The van der Waals surface area contributed by atoms with Crippen LogP contribution in [0.4, 0.5) is 20.1 Å². The van der Waals surface area contributed by atoms with E-state index in [0.717, 1.165) is 58.1 Å². The minimum Gasteiger partial charge on any atom is -0.491 e. The molecule has 18 heteroatoms. The molecule has 0 bridgehead atoms. The number of amides is 3. The molecule has 8 rings (SSSR count). The van der Waals surface area contributed by atoms with Crippen molar-refractivity contribution in [2.45, 2.75) is 96.1 Å². The normalized spacial score (nSPS) is 15.3. The van der Waals surface area contributed by atoms with Gasteiger partial charge in [-0.05, 0) is 120 Å². The zero-order valence-corrected chi connectivity index (χ0v) is 49.0. The van der Waals surface area contributed by atoms with Crippen LogP contribution in [0.25, 0.3) is 0 Å². The summed E-state index contributed by atoms with van der Waals surface area (Å²) in [5.41, 5.74) is 6.10. The molecule has 2 fully saturated rings. The summed E-state index contributed by atoms with van der Waals surface area (Å²) in [4.78, 5) is 38.7. The molecule has 2 unspecified atom stereocenters. The monoisotopic (exact) mass is 1130 g/mol. The molecule has 0 radical (unpaired) electrons. The molecule has 80 heavy (non-hydrogen) atoms. The Morgan fingerprint density at radius 1 is 0.512 bits per heavy atom. The highest BCUT2D eigenvalue weighted by atomic mass is 28.4. The fourth-order valence-electron chi connectivity index (χ4n) is 8.81. The number of anilines is 1. The Kier molecular flexibility index (Phi) is 19.6. The number of para-hydroxylation sites is 1. The van der Waals surface area contributed by atoms with Crippen LogP contribution in [0.2, 0.25) is 26.2 Å². The topological polar surface area (TPSA) is 186 Å². The number of rotatable bonds is 28. The molecule has 3 amide bonds. The smallest absolute Gasteiger partial charge is 0.411 e. The Bertz CT molecular complexity index is 2830. The molecule has 0 spiro atoms. The highest BCUT2D eigenvalue weighted by molar-refractivity contribution is 6.84. The molecule has 6 aromatic rings. The second-order valence-electron chi connectivity index (χ2n) is 22.3. The highest BCUT2D eigenvalue weighted by Crippen LogP contribution is 2.35. The predicted octanol–water partition coefficient (Wildman–Crippen LogP) is 11.6.